The van der Waals surface area contributed by atoms with Crippen molar-refractivity contribution >= 4 is 19.5 Å². The Balaban J connectivity index is 1.99. The summed E-state index contributed by atoms with van der Waals surface area (Å²) in [5, 5.41) is 0. The van der Waals surface area contributed by atoms with Crippen LogP contribution in [0, 0.1) is 0 Å². The lowest BCUT2D eigenvalue weighted by Gasteiger charge is -2.22. The monoisotopic (exact) mass is 447 g/mol. The molecule has 168 valence electrons. The average molecular weight is 447 g/mol. The summed E-state index contributed by atoms with van der Waals surface area (Å²) in [6.45, 7) is 4.35. The Morgan fingerprint density at radius 1 is 0.871 bits per heavy atom. The molecule has 0 atom stereocenters. The second kappa shape index (κ2) is 13.1. The SMILES string of the molecule is CCOP(=O)(CC(=O)CCN(Cc1ccccc1)C(=O)OCc1ccccc1)OCC. The van der Waals surface area contributed by atoms with E-state index >= 15 is 0 Å². The number of rotatable bonds is 13. The first kappa shape index (κ1) is 24.8. The van der Waals surface area contributed by atoms with Crippen molar-refractivity contribution in [1.29, 1.82) is 0 Å². The maximum Gasteiger partial charge on any atom is 0.410 e. The number of carbonyl (C=O) groups excluding carboxylic acids is 2. The van der Waals surface area contributed by atoms with Crippen molar-refractivity contribution in [3.8, 4) is 0 Å². The van der Waals surface area contributed by atoms with E-state index in [-0.39, 0.29) is 44.7 Å². The smallest absolute Gasteiger partial charge is 0.410 e. The van der Waals surface area contributed by atoms with Crippen LogP contribution in [0.25, 0.3) is 0 Å². The predicted octanol–water partition coefficient (Wildman–Crippen LogP) is 5.05. The van der Waals surface area contributed by atoms with E-state index in [9.17, 15) is 14.2 Å². The highest BCUT2D eigenvalue weighted by molar-refractivity contribution is 7.54. The molecular formula is C23H30NO6P. The van der Waals surface area contributed by atoms with Gasteiger partial charge in [-0.25, -0.2) is 4.79 Å². The number of ketones is 1. The van der Waals surface area contributed by atoms with Crippen LogP contribution in [0.2, 0.25) is 0 Å². The van der Waals surface area contributed by atoms with Crippen LogP contribution in [0.1, 0.15) is 31.4 Å². The van der Waals surface area contributed by atoms with Crippen LogP contribution in [0.15, 0.2) is 60.7 Å². The van der Waals surface area contributed by atoms with Crippen LogP contribution in [0.4, 0.5) is 4.79 Å². The number of ether oxygens (including phenoxy) is 1. The van der Waals surface area contributed by atoms with E-state index in [1.54, 1.807) is 13.8 Å². The zero-order chi connectivity index (χ0) is 22.5. The molecule has 0 heterocycles. The van der Waals surface area contributed by atoms with Gasteiger partial charge in [0.05, 0.1) is 13.2 Å². The molecule has 0 saturated carbocycles. The number of Topliss-reactive ketones (excluding diaryl/α,β-unsaturated/α-hetero) is 1. The van der Waals surface area contributed by atoms with Gasteiger partial charge in [0, 0.05) is 19.5 Å². The van der Waals surface area contributed by atoms with Crippen LogP contribution in [0.3, 0.4) is 0 Å². The number of amides is 1. The van der Waals surface area contributed by atoms with Crippen LogP contribution in [-0.4, -0.2) is 42.7 Å². The maximum absolute atomic E-state index is 12.7. The highest BCUT2D eigenvalue weighted by Gasteiger charge is 2.28. The Morgan fingerprint density at radius 3 is 1.97 bits per heavy atom. The normalized spacial score (nSPS) is 11.2. The lowest BCUT2D eigenvalue weighted by atomic mass is 10.2. The van der Waals surface area contributed by atoms with E-state index in [1.165, 1.54) is 4.90 Å². The van der Waals surface area contributed by atoms with Gasteiger partial charge in [-0.15, -0.1) is 0 Å². The first-order valence-corrected chi connectivity index (χ1v) is 12.1. The second-order valence-corrected chi connectivity index (χ2v) is 8.90. The molecule has 2 rings (SSSR count). The minimum atomic E-state index is -3.46. The van der Waals surface area contributed by atoms with Crippen molar-refractivity contribution in [3.05, 3.63) is 71.8 Å². The van der Waals surface area contributed by atoms with Gasteiger partial charge in [0.15, 0.2) is 0 Å². The van der Waals surface area contributed by atoms with Crippen LogP contribution in [0.5, 0.6) is 0 Å². The van der Waals surface area contributed by atoms with E-state index in [2.05, 4.69) is 0 Å². The molecule has 31 heavy (non-hydrogen) atoms. The van der Waals surface area contributed by atoms with Gasteiger partial charge in [-0.05, 0) is 25.0 Å². The van der Waals surface area contributed by atoms with Crippen LogP contribution in [-0.2, 0) is 36.3 Å². The first-order chi connectivity index (χ1) is 15.0. The van der Waals surface area contributed by atoms with Crippen LogP contribution < -0.4 is 0 Å². The van der Waals surface area contributed by atoms with Crippen molar-refractivity contribution in [2.45, 2.75) is 33.4 Å². The topological polar surface area (TPSA) is 82.1 Å². The summed E-state index contributed by atoms with van der Waals surface area (Å²) in [6, 6.07) is 18.8. The molecule has 2 aromatic carbocycles. The molecule has 0 aromatic heterocycles. The Labute approximate surface area is 183 Å². The third kappa shape index (κ3) is 9.05. The average Bonchev–Trinajstić information content (AvgIpc) is 2.76. The zero-order valence-corrected chi connectivity index (χ0v) is 19.0. The molecule has 0 aliphatic rings. The largest absolute Gasteiger partial charge is 0.445 e. The molecule has 0 saturated heterocycles. The minimum absolute atomic E-state index is 0.0252. The molecule has 2 aromatic rings. The minimum Gasteiger partial charge on any atom is -0.445 e. The fourth-order valence-corrected chi connectivity index (χ4v) is 4.56. The van der Waals surface area contributed by atoms with Crippen LogP contribution >= 0.6 is 7.60 Å². The number of nitrogens with zero attached hydrogens (tertiary/aromatic N) is 1. The molecule has 8 heteroatoms. The summed E-state index contributed by atoms with van der Waals surface area (Å²) in [7, 11) is -3.46. The summed E-state index contributed by atoms with van der Waals surface area (Å²) in [6.07, 6.45) is -0.803. The number of benzene rings is 2. The van der Waals surface area contributed by atoms with Gasteiger partial charge in [-0.3, -0.25) is 9.36 Å². The van der Waals surface area contributed by atoms with E-state index in [1.807, 2.05) is 60.7 Å². The summed E-state index contributed by atoms with van der Waals surface area (Å²) in [5.41, 5.74) is 1.79. The van der Waals surface area contributed by atoms with E-state index in [0.29, 0.717) is 6.54 Å². The van der Waals surface area contributed by atoms with Gasteiger partial charge in [-0.2, -0.15) is 0 Å². The highest BCUT2D eigenvalue weighted by Crippen LogP contribution is 2.47. The zero-order valence-electron chi connectivity index (χ0n) is 18.1. The lowest BCUT2D eigenvalue weighted by molar-refractivity contribution is -0.117. The molecule has 0 fully saturated rings. The van der Waals surface area contributed by atoms with Gasteiger partial charge in [0.25, 0.3) is 0 Å². The van der Waals surface area contributed by atoms with Crippen molar-refractivity contribution in [1.82, 2.24) is 4.90 Å². The van der Waals surface area contributed by atoms with E-state index in [0.717, 1.165) is 11.1 Å². The maximum atomic E-state index is 12.7. The van der Waals surface area contributed by atoms with Gasteiger partial charge < -0.3 is 18.7 Å². The first-order valence-electron chi connectivity index (χ1n) is 10.3. The molecule has 0 radical (unpaired) electrons. The quantitative estimate of drug-likeness (QED) is 0.400. The highest BCUT2D eigenvalue weighted by atomic mass is 31.2. The third-order valence-corrected chi connectivity index (χ3v) is 6.40. The third-order valence-electron chi connectivity index (χ3n) is 4.36. The number of carbonyl (C=O) groups is 2. The predicted molar refractivity (Wildman–Crippen MR) is 119 cm³/mol. The molecular weight excluding hydrogens is 417 g/mol. The molecule has 0 spiro atoms. The van der Waals surface area contributed by atoms with E-state index in [4.69, 9.17) is 13.8 Å². The molecule has 0 bridgehead atoms. The van der Waals surface area contributed by atoms with Gasteiger partial charge in [0.1, 0.15) is 18.6 Å². The van der Waals surface area contributed by atoms with Gasteiger partial charge in [0.2, 0.25) is 0 Å². The van der Waals surface area contributed by atoms with Crippen molar-refractivity contribution in [2.75, 3.05) is 25.9 Å². The summed E-state index contributed by atoms with van der Waals surface area (Å²) in [5.74, 6) is -0.292. The van der Waals surface area contributed by atoms with Crippen molar-refractivity contribution in [3.63, 3.8) is 0 Å². The standard InChI is InChI=1S/C23H30NO6P/c1-3-29-31(27,30-4-2)19-22(25)15-16-24(17-20-11-7-5-8-12-20)23(26)28-18-21-13-9-6-10-14-21/h5-14H,3-4,15-19H2,1-2H3. The Kier molecular flexibility index (Phi) is 10.4. The molecule has 1 amide bonds. The summed E-state index contributed by atoms with van der Waals surface area (Å²) in [4.78, 5) is 26.6. The Bertz CT molecular complexity index is 849. The number of hydrogen-bond acceptors (Lipinski definition) is 6. The number of hydrogen-bond donors (Lipinski definition) is 0. The van der Waals surface area contributed by atoms with E-state index < -0.39 is 13.7 Å². The fourth-order valence-electron chi connectivity index (χ4n) is 2.93. The summed E-state index contributed by atoms with van der Waals surface area (Å²) < 4.78 is 28.4. The molecule has 0 aliphatic carbocycles. The fraction of sp³-hybridized carbons (Fsp3) is 0.391. The molecule has 7 nitrogen and oxygen atoms in total. The Hall–Kier alpha value is -2.47. The van der Waals surface area contributed by atoms with Crippen molar-refractivity contribution in [2.24, 2.45) is 0 Å². The molecule has 0 N–H and O–H groups in total. The lowest BCUT2D eigenvalue weighted by Crippen LogP contribution is -2.33. The van der Waals surface area contributed by atoms with Gasteiger partial charge >= 0.3 is 13.7 Å². The molecule has 0 unspecified atom stereocenters. The second-order valence-electron chi connectivity index (χ2n) is 6.84. The van der Waals surface area contributed by atoms with Crippen molar-refractivity contribution < 1.29 is 27.9 Å². The van der Waals surface area contributed by atoms with Gasteiger partial charge in [-0.1, -0.05) is 60.7 Å². The Morgan fingerprint density at radius 2 is 1.42 bits per heavy atom. The summed E-state index contributed by atoms with van der Waals surface area (Å²) >= 11 is 0. The molecule has 0 aliphatic heterocycles.